The molecule has 0 bridgehead atoms. The number of carbonyl (C=O) groups excluding carboxylic acids is 2. The predicted molar refractivity (Wildman–Crippen MR) is 121 cm³/mol. The molecule has 0 unspecified atom stereocenters. The molecule has 1 atom stereocenters. The van der Waals surface area contributed by atoms with E-state index in [1.54, 1.807) is 11.0 Å². The van der Waals surface area contributed by atoms with Crippen molar-refractivity contribution in [3.63, 3.8) is 0 Å². The second kappa shape index (κ2) is 13.2. The maximum absolute atomic E-state index is 13.0. The first-order chi connectivity index (χ1) is 17.1. The molecule has 0 spiro atoms. The number of hydroxylamine groups is 2. The van der Waals surface area contributed by atoms with Crippen LogP contribution >= 0.6 is 0 Å². The number of hydrogen-bond donors (Lipinski definition) is 7. The van der Waals surface area contributed by atoms with Gasteiger partial charge in [-0.15, -0.1) is 0 Å². The van der Waals surface area contributed by atoms with E-state index in [9.17, 15) is 22.4 Å². The lowest BCUT2D eigenvalue weighted by molar-refractivity contribution is -0.131. The third-order valence-corrected chi connectivity index (χ3v) is 5.90. The van der Waals surface area contributed by atoms with E-state index >= 15 is 0 Å². The number of primary amides is 1. The molecule has 3 amide bonds. The Balaban J connectivity index is 2.00. The van der Waals surface area contributed by atoms with Gasteiger partial charge in [-0.05, 0) is 67.8 Å². The average Bonchev–Trinajstić information content (AvgIpc) is 2.84. The predicted octanol–water partition coefficient (Wildman–Crippen LogP) is 0.944. The van der Waals surface area contributed by atoms with Crippen molar-refractivity contribution in [1.29, 1.82) is 0 Å². The van der Waals surface area contributed by atoms with Crippen molar-refractivity contribution in [2.24, 2.45) is 10.7 Å². The Morgan fingerprint density at radius 1 is 1.09 bits per heavy atom. The van der Waals surface area contributed by atoms with Gasteiger partial charge in [0.05, 0.1) is 4.90 Å². The van der Waals surface area contributed by atoms with Crippen molar-refractivity contribution in [1.82, 2.24) is 21.0 Å². The average molecular weight is 514 g/mol. The van der Waals surface area contributed by atoms with Gasteiger partial charge in [-0.3, -0.25) is 25.5 Å². The first-order valence-electron chi connectivity index (χ1n) is 10.5. The summed E-state index contributed by atoms with van der Waals surface area (Å²) in [6.07, 6.45) is 0.650. The number of aliphatic imine (C=N–C) groups is 1. The molecule has 0 aromatic heterocycles. The van der Waals surface area contributed by atoms with E-state index in [-0.39, 0.29) is 23.8 Å². The number of halogens is 1. The molecule has 8 N–H and O–H groups in total. The van der Waals surface area contributed by atoms with Crippen molar-refractivity contribution in [3.8, 4) is 11.5 Å². The quantitative estimate of drug-likeness (QED) is 0.0713. The number of nitrogens with two attached hydrogens (primary N) is 1. The lowest BCUT2D eigenvalue weighted by atomic mass is 10.1. The highest BCUT2D eigenvalue weighted by atomic mass is 32.2. The molecule has 0 aliphatic carbocycles. The zero-order chi connectivity index (χ0) is 26.6. The Kier molecular flexibility index (Phi) is 9.73. The molecule has 2 rings (SSSR count). The molecule has 13 nitrogen and oxygen atoms in total. The number of sulfonamides is 1. The topological polar surface area (TPSA) is 204 Å². The van der Waals surface area contributed by atoms with E-state index in [0.717, 1.165) is 0 Å². The number of guanidine groups is 1. The first kappa shape index (κ1) is 25.8. The summed E-state index contributed by atoms with van der Waals surface area (Å²) in [6, 6.07) is 8.37. The minimum absolute atomic E-state index is 0.0147. The molecule has 15 heteroatoms. The SMILES string of the molecule is [2H]ONC(=O)[C@H](CCCCN=C(NO)NC(N)=O)NS(=O)(=O)c1ccc(Oc2ccc(F)cc2)cc1. The van der Waals surface area contributed by atoms with Crippen molar-refractivity contribution < 1.29 is 39.0 Å². The number of ether oxygens (including phenoxy) is 1. The van der Waals surface area contributed by atoms with Gasteiger partial charge in [-0.25, -0.2) is 28.6 Å². The Bertz CT molecular complexity index is 1150. The number of rotatable bonds is 12. The molecule has 2 aromatic carbocycles. The Hall–Kier alpha value is -3.79. The van der Waals surface area contributed by atoms with Crippen LogP contribution in [0.3, 0.4) is 0 Å². The van der Waals surface area contributed by atoms with E-state index in [2.05, 4.69) is 14.9 Å². The second-order valence-electron chi connectivity index (χ2n) is 6.99. The molecule has 0 radical (unpaired) electrons. The fraction of sp³-hybridized carbons (Fsp3) is 0.250. The molecular weight excluding hydrogens is 487 g/mol. The van der Waals surface area contributed by atoms with Gasteiger partial charge in [0.1, 0.15) is 23.4 Å². The second-order valence-corrected chi connectivity index (χ2v) is 8.71. The summed E-state index contributed by atoms with van der Waals surface area (Å²) in [7, 11) is -4.16. The van der Waals surface area contributed by atoms with Crippen LogP contribution in [0.1, 0.15) is 19.3 Å². The standard InChI is InChI=1S/C20H25FN6O7S/c21-13-4-6-14(7-5-13)34-15-8-10-16(11-9-15)35(32,33)27-17(18(28)25-30)3-1-2-12-23-20(26-31)24-19(22)29/h4-11,17,27,30-31H,1-3,12H2,(H,25,28)(H4,22,23,24,26,29)/t17-/m0/s1/i/hD. The van der Waals surface area contributed by atoms with Gasteiger partial charge in [0, 0.05) is 6.54 Å². The van der Waals surface area contributed by atoms with Gasteiger partial charge < -0.3 is 10.5 Å². The first-order valence-corrected chi connectivity index (χ1v) is 11.6. The van der Waals surface area contributed by atoms with Gasteiger partial charge in [0.15, 0.2) is 0 Å². The van der Waals surface area contributed by atoms with Gasteiger partial charge in [-0.2, -0.15) is 4.72 Å². The monoisotopic (exact) mass is 513 g/mol. The van der Waals surface area contributed by atoms with E-state index in [4.69, 9.17) is 17.1 Å². The molecule has 0 fully saturated rings. The highest BCUT2D eigenvalue weighted by Gasteiger charge is 2.25. The summed E-state index contributed by atoms with van der Waals surface area (Å²) >= 11 is 0. The van der Waals surface area contributed by atoms with Crippen LogP contribution in [0.25, 0.3) is 0 Å². The van der Waals surface area contributed by atoms with Crippen LogP contribution in [0.4, 0.5) is 9.18 Å². The number of nitrogens with one attached hydrogen (secondary N) is 4. The zero-order valence-corrected chi connectivity index (χ0v) is 19.0. The lowest BCUT2D eigenvalue weighted by Gasteiger charge is -2.17. The van der Waals surface area contributed by atoms with Gasteiger partial charge in [-0.1, -0.05) is 0 Å². The third-order valence-electron chi connectivity index (χ3n) is 4.42. The number of carbonyl (C=O) groups is 2. The summed E-state index contributed by atoms with van der Waals surface area (Å²) < 4.78 is 53.1. The number of nitrogens with zero attached hydrogens (tertiary/aromatic N) is 1. The molecular formula is C20H25FN6O7S. The smallest absolute Gasteiger partial charge is 0.318 e. The van der Waals surface area contributed by atoms with Crippen LogP contribution in [-0.4, -0.2) is 49.3 Å². The Labute approximate surface area is 201 Å². The summed E-state index contributed by atoms with van der Waals surface area (Å²) in [6.45, 7) is 0.106. The fourth-order valence-corrected chi connectivity index (χ4v) is 4.00. The molecule has 0 aliphatic heterocycles. The molecule has 190 valence electrons. The lowest BCUT2D eigenvalue weighted by Crippen LogP contribution is -2.45. The van der Waals surface area contributed by atoms with Crippen LogP contribution in [-0.2, 0) is 14.8 Å². The maximum Gasteiger partial charge on any atom is 0.318 e. The third kappa shape index (κ3) is 9.17. The molecule has 0 aliphatic rings. The summed E-state index contributed by atoms with van der Waals surface area (Å²) in [4.78, 5) is 26.7. The number of benzene rings is 2. The van der Waals surface area contributed by atoms with Crippen molar-refractivity contribution in [3.05, 3.63) is 54.3 Å². The summed E-state index contributed by atoms with van der Waals surface area (Å²) in [5.41, 5.74) is 8.35. The number of unbranched alkanes of at least 4 members (excludes halogenated alkanes) is 1. The summed E-state index contributed by atoms with van der Waals surface area (Å²) in [5.74, 6) is -0.924. The minimum Gasteiger partial charge on any atom is -0.457 e. The Morgan fingerprint density at radius 2 is 1.71 bits per heavy atom. The maximum atomic E-state index is 13.0. The van der Waals surface area contributed by atoms with Crippen LogP contribution in [0.5, 0.6) is 11.5 Å². The van der Waals surface area contributed by atoms with Crippen LogP contribution in [0, 0.1) is 5.82 Å². The minimum atomic E-state index is -4.16. The fourth-order valence-electron chi connectivity index (χ4n) is 2.77. The van der Waals surface area contributed by atoms with Crippen LogP contribution in [0.15, 0.2) is 58.4 Å². The van der Waals surface area contributed by atoms with E-state index in [1.807, 2.05) is 5.32 Å². The molecule has 35 heavy (non-hydrogen) atoms. The highest BCUT2D eigenvalue weighted by molar-refractivity contribution is 7.89. The molecule has 0 saturated carbocycles. The zero-order valence-electron chi connectivity index (χ0n) is 19.2. The number of hydrogen-bond acceptors (Lipinski definition) is 8. The Morgan fingerprint density at radius 3 is 2.29 bits per heavy atom. The highest BCUT2D eigenvalue weighted by Crippen LogP contribution is 2.23. The van der Waals surface area contributed by atoms with Crippen LogP contribution < -0.4 is 31.5 Å². The van der Waals surface area contributed by atoms with E-state index in [0.29, 0.717) is 24.3 Å². The molecule has 2 aromatic rings. The number of amides is 3. The van der Waals surface area contributed by atoms with E-state index in [1.165, 1.54) is 48.5 Å². The van der Waals surface area contributed by atoms with Gasteiger partial charge >= 0.3 is 6.03 Å². The van der Waals surface area contributed by atoms with Crippen LogP contribution in [0.2, 0.25) is 1.43 Å². The summed E-state index contributed by atoms with van der Waals surface area (Å²) in [5, 5.41) is 14.8. The number of urea groups is 1. The molecule has 0 heterocycles. The normalized spacial score (nSPS) is 12.9. The van der Waals surface area contributed by atoms with Gasteiger partial charge in [0.25, 0.3) is 5.91 Å². The van der Waals surface area contributed by atoms with Crippen molar-refractivity contribution in [2.45, 2.75) is 30.2 Å². The van der Waals surface area contributed by atoms with Crippen molar-refractivity contribution >= 4 is 27.9 Å². The van der Waals surface area contributed by atoms with E-state index < -0.39 is 33.8 Å². The van der Waals surface area contributed by atoms with Gasteiger partial charge in [0.2, 0.25) is 17.4 Å². The molecule has 0 saturated heterocycles. The van der Waals surface area contributed by atoms with Crippen molar-refractivity contribution in [2.75, 3.05) is 6.54 Å². The largest absolute Gasteiger partial charge is 0.457 e.